The lowest BCUT2D eigenvalue weighted by Crippen LogP contribution is -2.10. The summed E-state index contributed by atoms with van der Waals surface area (Å²) in [6.45, 7) is 0. The van der Waals surface area contributed by atoms with Gasteiger partial charge in [-0.2, -0.15) is 0 Å². The molecule has 304 valence electrons. The third-order valence-electron chi connectivity index (χ3n) is 13.2. The maximum Gasteiger partial charge on any atom is 0.136 e. The van der Waals surface area contributed by atoms with Gasteiger partial charge in [-0.1, -0.05) is 176 Å². The van der Waals surface area contributed by atoms with E-state index in [0.29, 0.717) is 0 Å². The van der Waals surface area contributed by atoms with Gasteiger partial charge < -0.3 is 13.9 Å². The van der Waals surface area contributed by atoms with E-state index >= 15 is 0 Å². The first-order valence-electron chi connectivity index (χ1n) is 22.2. The van der Waals surface area contributed by atoms with Crippen molar-refractivity contribution in [3.8, 4) is 39.1 Å². The third kappa shape index (κ3) is 6.05. The molecule has 0 saturated carbocycles. The number of para-hydroxylation sites is 4. The molecule has 2 heterocycles. The van der Waals surface area contributed by atoms with Crippen molar-refractivity contribution in [3.63, 3.8) is 0 Å². The zero-order valence-corrected chi connectivity index (χ0v) is 35.4. The summed E-state index contributed by atoms with van der Waals surface area (Å²) in [5, 5.41) is 9.68. The maximum absolute atomic E-state index is 6.26. The lowest BCUT2D eigenvalue weighted by molar-refractivity contribution is 0.669. The summed E-state index contributed by atoms with van der Waals surface area (Å²) in [5.41, 5.74) is 15.6. The number of rotatable bonds is 7. The Bertz CT molecular complexity index is 3900. The van der Waals surface area contributed by atoms with Gasteiger partial charge in [-0.3, -0.25) is 0 Å². The number of benzene rings is 11. The highest BCUT2D eigenvalue weighted by Crippen LogP contribution is 2.44. The Morgan fingerprint density at radius 1 is 0.323 bits per heavy atom. The van der Waals surface area contributed by atoms with Crippen molar-refractivity contribution in [2.75, 3.05) is 4.90 Å². The molecule has 0 unspecified atom stereocenters. The molecule has 0 radical (unpaired) electrons. The van der Waals surface area contributed by atoms with Crippen LogP contribution in [0.5, 0.6) is 0 Å². The first kappa shape index (κ1) is 36.9. The van der Waals surface area contributed by atoms with E-state index in [9.17, 15) is 0 Å². The lowest BCUT2D eigenvalue weighted by atomic mass is 9.95. The van der Waals surface area contributed by atoms with E-state index in [2.05, 4.69) is 240 Å². The van der Waals surface area contributed by atoms with E-state index in [0.717, 1.165) is 66.9 Å². The molecule has 0 fully saturated rings. The van der Waals surface area contributed by atoms with Crippen LogP contribution in [0.2, 0.25) is 0 Å². The van der Waals surface area contributed by atoms with Crippen LogP contribution in [-0.4, -0.2) is 4.57 Å². The van der Waals surface area contributed by atoms with Crippen LogP contribution in [0.15, 0.2) is 247 Å². The molecule has 3 nitrogen and oxygen atoms in total. The highest BCUT2D eigenvalue weighted by atomic mass is 16.3. The van der Waals surface area contributed by atoms with E-state index in [1.807, 2.05) is 12.1 Å². The molecule has 13 rings (SSSR count). The molecule has 3 heteroatoms. The van der Waals surface area contributed by atoms with Crippen molar-refractivity contribution in [1.82, 2.24) is 4.57 Å². The summed E-state index contributed by atoms with van der Waals surface area (Å²) in [6.07, 6.45) is 0. The summed E-state index contributed by atoms with van der Waals surface area (Å²) < 4.78 is 8.68. The van der Waals surface area contributed by atoms with E-state index < -0.39 is 0 Å². The molecule has 0 amide bonds. The van der Waals surface area contributed by atoms with Gasteiger partial charge in [0, 0.05) is 43.9 Å². The van der Waals surface area contributed by atoms with Gasteiger partial charge in [0.1, 0.15) is 11.2 Å². The summed E-state index contributed by atoms with van der Waals surface area (Å²) in [4.78, 5) is 2.42. The summed E-state index contributed by atoms with van der Waals surface area (Å²) >= 11 is 0. The highest BCUT2D eigenvalue weighted by Gasteiger charge is 2.20. The Labute approximate surface area is 376 Å². The Kier molecular flexibility index (Phi) is 8.53. The van der Waals surface area contributed by atoms with Crippen LogP contribution < -0.4 is 4.90 Å². The monoisotopic (exact) mass is 828 g/mol. The number of aromatic nitrogens is 1. The molecule has 0 bridgehead atoms. The van der Waals surface area contributed by atoms with Gasteiger partial charge >= 0.3 is 0 Å². The van der Waals surface area contributed by atoms with Gasteiger partial charge in [0.15, 0.2) is 0 Å². The fourth-order valence-electron chi connectivity index (χ4n) is 10.2. The number of nitrogens with zero attached hydrogens (tertiary/aromatic N) is 2. The molecular formula is C62H40N2O. The van der Waals surface area contributed by atoms with Crippen LogP contribution in [0, 0.1) is 0 Å². The molecule has 13 aromatic rings. The Morgan fingerprint density at radius 3 is 1.62 bits per heavy atom. The van der Waals surface area contributed by atoms with Crippen LogP contribution in [0.25, 0.3) is 104 Å². The van der Waals surface area contributed by atoms with Crippen molar-refractivity contribution >= 4 is 82.4 Å². The van der Waals surface area contributed by atoms with Gasteiger partial charge in [0.05, 0.1) is 22.4 Å². The van der Waals surface area contributed by atoms with Crippen molar-refractivity contribution in [3.05, 3.63) is 243 Å². The molecule has 0 aliphatic carbocycles. The number of hydrogen-bond donors (Lipinski definition) is 0. The molecule has 65 heavy (non-hydrogen) atoms. The topological polar surface area (TPSA) is 21.3 Å². The van der Waals surface area contributed by atoms with Crippen molar-refractivity contribution in [2.45, 2.75) is 0 Å². The average molecular weight is 829 g/mol. The van der Waals surface area contributed by atoms with E-state index in [4.69, 9.17) is 4.42 Å². The number of furan rings is 1. The standard InChI is InChI=1S/C62H40N2O/c1-2-18-48-45(15-1)40-59(52-21-4-3-20-51(48)52)63(46-35-31-41(32-36-46)43-16-13-17-44(39-43)50-25-14-30-61-62(50)55-24-8-12-29-60(55)65-61)47-37-33-42(34-38-47)49-19-5-9-26-56(49)64-57-27-10-6-22-53(57)54-23-7-11-28-58(54)64/h1-40H. The fraction of sp³-hybridized carbons (Fsp3) is 0. The Balaban J connectivity index is 0.931. The molecule has 0 aliphatic heterocycles. The first-order chi connectivity index (χ1) is 32.2. The van der Waals surface area contributed by atoms with Crippen LogP contribution in [0.3, 0.4) is 0 Å². The predicted molar refractivity (Wildman–Crippen MR) is 274 cm³/mol. The smallest absolute Gasteiger partial charge is 0.136 e. The molecule has 0 N–H and O–H groups in total. The van der Waals surface area contributed by atoms with E-state index in [1.165, 1.54) is 54.5 Å². The first-order valence-corrected chi connectivity index (χ1v) is 22.2. The van der Waals surface area contributed by atoms with Crippen molar-refractivity contribution < 1.29 is 4.42 Å². The van der Waals surface area contributed by atoms with Crippen LogP contribution >= 0.6 is 0 Å². The number of hydrogen-bond acceptors (Lipinski definition) is 2. The van der Waals surface area contributed by atoms with Gasteiger partial charge in [-0.25, -0.2) is 0 Å². The minimum atomic E-state index is 0.903. The molecular weight excluding hydrogens is 789 g/mol. The summed E-state index contributed by atoms with van der Waals surface area (Å²) in [7, 11) is 0. The Morgan fingerprint density at radius 2 is 0.862 bits per heavy atom. The van der Waals surface area contributed by atoms with Gasteiger partial charge in [-0.15, -0.1) is 0 Å². The average Bonchev–Trinajstić information content (AvgIpc) is 3.93. The summed E-state index contributed by atoms with van der Waals surface area (Å²) in [5.74, 6) is 0. The zero-order valence-electron chi connectivity index (χ0n) is 35.4. The second-order valence-corrected chi connectivity index (χ2v) is 16.8. The minimum Gasteiger partial charge on any atom is -0.456 e. The maximum atomic E-state index is 6.26. The Hall–Kier alpha value is -8.66. The molecule has 0 spiro atoms. The van der Waals surface area contributed by atoms with Crippen LogP contribution in [-0.2, 0) is 0 Å². The van der Waals surface area contributed by atoms with Gasteiger partial charge in [0.2, 0.25) is 0 Å². The SMILES string of the molecule is c1cc(-c2ccc(N(c3ccc(-c4ccccc4-n4c5ccccc5c5ccccc54)cc3)c3cc4ccccc4c4ccccc34)cc2)cc(-c2cccc3oc4ccccc4c23)c1. The second kappa shape index (κ2) is 15.0. The number of fused-ring (bicyclic) bond motifs is 9. The third-order valence-corrected chi connectivity index (χ3v) is 13.2. The lowest BCUT2D eigenvalue weighted by Gasteiger charge is -2.28. The fourth-order valence-corrected chi connectivity index (χ4v) is 10.2. The van der Waals surface area contributed by atoms with Gasteiger partial charge in [0.25, 0.3) is 0 Å². The molecule has 2 aromatic heterocycles. The predicted octanol–water partition coefficient (Wildman–Crippen LogP) is 17.5. The van der Waals surface area contributed by atoms with Crippen LogP contribution in [0.4, 0.5) is 17.1 Å². The minimum absolute atomic E-state index is 0.903. The molecule has 11 aromatic carbocycles. The van der Waals surface area contributed by atoms with Gasteiger partial charge in [-0.05, 0) is 111 Å². The highest BCUT2D eigenvalue weighted by molar-refractivity contribution is 6.15. The van der Waals surface area contributed by atoms with Crippen molar-refractivity contribution in [2.24, 2.45) is 0 Å². The molecule has 0 atom stereocenters. The van der Waals surface area contributed by atoms with Crippen molar-refractivity contribution in [1.29, 1.82) is 0 Å². The normalized spacial score (nSPS) is 11.7. The largest absolute Gasteiger partial charge is 0.456 e. The quantitative estimate of drug-likeness (QED) is 0.149. The molecule has 0 aliphatic rings. The summed E-state index contributed by atoms with van der Waals surface area (Å²) in [6, 6.07) is 87.8. The van der Waals surface area contributed by atoms with E-state index in [-0.39, 0.29) is 0 Å². The number of anilines is 3. The van der Waals surface area contributed by atoms with E-state index in [1.54, 1.807) is 0 Å². The second-order valence-electron chi connectivity index (χ2n) is 16.8. The molecule has 0 saturated heterocycles. The zero-order chi connectivity index (χ0) is 42.8. The van der Waals surface area contributed by atoms with Crippen LogP contribution in [0.1, 0.15) is 0 Å².